The average Bonchev–Trinajstić information content (AvgIpc) is 3.19. The number of benzene rings is 2. The predicted molar refractivity (Wildman–Crippen MR) is 118 cm³/mol. The molecule has 0 aliphatic rings. The molecule has 0 unspecified atom stereocenters. The maximum atomic E-state index is 13.6. The van der Waals surface area contributed by atoms with Crippen LogP contribution in [-0.2, 0) is 22.6 Å². The SMILES string of the molecule is CCOC(CNC(=O)c1cn(Cc2cccc(F)c2)nc1OCc1cccc(F)c1)OCC. The van der Waals surface area contributed by atoms with Crippen LogP contribution in [0.15, 0.2) is 54.7 Å². The number of amides is 1. The summed E-state index contributed by atoms with van der Waals surface area (Å²) < 4.78 is 45.2. The maximum absolute atomic E-state index is 13.6. The van der Waals surface area contributed by atoms with Crippen LogP contribution in [0.5, 0.6) is 5.88 Å². The van der Waals surface area contributed by atoms with Crippen molar-refractivity contribution in [1.29, 1.82) is 0 Å². The molecule has 1 N–H and O–H groups in total. The van der Waals surface area contributed by atoms with Gasteiger partial charge >= 0.3 is 0 Å². The lowest BCUT2D eigenvalue weighted by Gasteiger charge is -2.17. The Labute approximate surface area is 191 Å². The third kappa shape index (κ3) is 7.37. The van der Waals surface area contributed by atoms with Gasteiger partial charge in [-0.05, 0) is 49.2 Å². The molecular formula is C24H27F2N3O4. The molecule has 1 aromatic heterocycles. The summed E-state index contributed by atoms with van der Waals surface area (Å²) in [5.74, 6) is -1.10. The first kappa shape index (κ1) is 24.3. The van der Waals surface area contributed by atoms with Gasteiger partial charge in [-0.2, -0.15) is 0 Å². The van der Waals surface area contributed by atoms with Gasteiger partial charge in [0.05, 0.1) is 13.1 Å². The van der Waals surface area contributed by atoms with Crippen molar-refractivity contribution in [1.82, 2.24) is 15.1 Å². The van der Waals surface area contributed by atoms with Crippen LogP contribution >= 0.6 is 0 Å². The lowest BCUT2D eigenvalue weighted by atomic mass is 10.2. The molecule has 1 heterocycles. The topological polar surface area (TPSA) is 74.6 Å². The Morgan fingerprint density at radius 2 is 1.67 bits per heavy atom. The molecule has 0 bridgehead atoms. The molecule has 0 atom stereocenters. The molecule has 0 radical (unpaired) electrons. The monoisotopic (exact) mass is 459 g/mol. The smallest absolute Gasteiger partial charge is 0.258 e. The molecule has 0 saturated heterocycles. The third-order valence-corrected chi connectivity index (χ3v) is 4.61. The maximum Gasteiger partial charge on any atom is 0.258 e. The minimum Gasteiger partial charge on any atom is -0.471 e. The first-order valence-corrected chi connectivity index (χ1v) is 10.7. The van der Waals surface area contributed by atoms with E-state index in [4.69, 9.17) is 14.2 Å². The quantitative estimate of drug-likeness (QED) is 0.416. The Bertz CT molecular complexity index is 1050. The van der Waals surface area contributed by atoms with Crippen molar-refractivity contribution in [3.63, 3.8) is 0 Å². The summed E-state index contributed by atoms with van der Waals surface area (Å²) >= 11 is 0. The number of hydrogen-bond donors (Lipinski definition) is 1. The largest absolute Gasteiger partial charge is 0.471 e. The van der Waals surface area contributed by atoms with E-state index in [2.05, 4.69) is 10.4 Å². The molecule has 3 aromatic rings. The van der Waals surface area contributed by atoms with E-state index < -0.39 is 12.2 Å². The number of aromatic nitrogens is 2. The molecule has 33 heavy (non-hydrogen) atoms. The van der Waals surface area contributed by atoms with Gasteiger partial charge in [0.1, 0.15) is 23.8 Å². The zero-order valence-corrected chi connectivity index (χ0v) is 18.6. The standard InChI is InChI=1S/C24H27F2N3O4/c1-3-31-22(32-4-2)13-27-23(30)21-15-29(14-17-7-5-9-19(25)11-17)28-24(21)33-16-18-8-6-10-20(26)12-18/h5-12,15,22H,3-4,13-14,16H2,1-2H3,(H,27,30). The summed E-state index contributed by atoms with van der Waals surface area (Å²) in [6.07, 6.45) is 0.945. The third-order valence-electron chi connectivity index (χ3n) is 4.61. The van der Waals surface area contributed by atoms with Gasteiger partial charge in [-0.3, -0.25) is 9.48 Å². The second-order valence-electron chi connectivity index (χ2n) is 7.14. The van der Waals surface area contributed by atoms with Crippen LogP contribution in [0.25, 0.3) is 0 Å². The van der Waals surface area contributed by atoms with E-state index in [0.29, 0.717) is 24.3 Å². The van der Waals surface area contributed by atoms with E-state index in [1.54, 1.807) is 24.3 Å². The Morgan fingerprint density at radius 3 is 2.30 bits per heavy atom. The molecule has 0 spiro atoms. The highest BCUT2D eigenvalue weighted by Crippen LogP contribution is 2.19. The van der Waals surface area contributed by atoms with Gasteiger partial charge in [-0.15, -0.1) is 5.10 Å². The number of nitrogens with one attached hydrogen (secondary N) is 1. The van der Waals surface area contributed by atoms with Crippen LogP contribution in [-0.4, -0.2) is 41.7 Å². The van der Waals surface area contributed by atoms with Gasteiger partial charge in [0, 0.05) is 19.4 Å². The number of halogens is 2. The van der Waals surface area contributed by atoms with Crippen molar-refractivity contribution < 1.29 is 27.8 Å². The Kier molecular flexibility index (Phi) is 8.91. The number of carbonyl (C=O) groups is 1. The number of hydrogen-bond acceptors (Lipinski definition) is 5. The Hall–Kier alpha value is -3.30. The summed E-state index contributed by atoms with van der Waals surface area (Å²) in [5, 5.41) is 7.11. The summed E-state index contributed by atoms with van der Waals surface area (Å²) in [4.78, 5) is 12.9. The van der Waals surface area contributed by atoms with E-state index in [1.807, 2.05) is 13.8 Å². The van der Waals surface area contributed by atoms with Gasteiger partial charge in [0.2, 0.25) is 5.88 Å². The molecule has 9 heteroatoms. The molecule has 1 amide bonds. The van der Waals surface area contributed by atoms with Crippen molar-refractivity contribution in [2.24, 2.45) is 0 Å². The highest BCUT2D eigenvalue weighted by atomic mass is 19.1. The van der Waals surface area contributed by atoms with Crippen molar-refractivity contribution in [2.45, 2.75) is 33.3 Å². The Morgan fingerprint density at radius 1 is 1.03 bits per heavy atom. The first-order valence-electron chi connectivity index (χ1n) is 10.7. The second kappa shape index (κ2) is 12.1. The van der Waals surface area contributed by atoms with Crippen LogP contribution < -0.4 is 10.1 Å². The van der Waals surface area contributed by atoms with Crippen molar-refractivity contribution in [3.05, 3.63) is 83.1 Å². The number of ether oxygens (including phenoxy) is 3. The zero-order chi connectivity index (χ0) is 23.6. The molecular weight excluding hydrogens is 432 g/mol. The number of rotatable bonds is 12. The summed E-state index contributed by atoms with van der Waals surface area (Å²) in [6.45, 7) is 4.95. The first-order chi connectivity index (χ1) is 16.0. The second-order valence-corrected chi connectivity index (χ2v) is 7.14. The van der Waals surface area contributed by atoms with Crippen molar-refractivity contribution >= 4 is 5.91 Å². The highest BCUT2D eigenvalue weighted by molar-refractivity contribution is 5.96. The molecule has 176 valence electrons. The number of carbonyl (C=O) groups excluding carboxylic acids is 1. The molecule has 0 aliphatic heterocycles. The van der Waals surface area contributed by atoms with Gasteiger partial charge in [-0.25, -0.2) is 8.78 Å². The average molecular weight is 459 g/mol. The van der Waals surface area contributed by atoms with E-state index in [-0.39, 0.29) is 42.8 Å². The lowest BCUT2D eigenvalue weighted by Crippen LogP contribution is -2.35. The van der Waals surface area contributed by atoms with Gasteiger partial charge in [0.25, 0.3) is 5.91 Å². The lowest BCUT2D eigenvalue weighted by molar-refractivity contribution is -0.131. The molecule has 3 rings (SSSR count). The van der Waals surface area contributed by atoms with Crippen LogP contribution in [0.2, 0.25) is 0 Å². The molecule has 7 nitrogen and oxygen atoms in total. The van der Waals surface area contributed by atoms with Gasteiger partial charge in [-0.1, -0.05) is 24.3 Å². The summed E-state index contributed by atoms with van der Waals surface area (Å²) in [5.41, 5.74) is 1.46. The van der Waals surface area contributed by atoms with Crippen LogP contribution in [0, 0.1) is 11.6 Å². The summed E-state index contributed by atoms with van der Waals surface area (Å²) in [6, 6.07) is 12.1. The number of nitrogens with zero attached hydrogens (tertiary/aromatic N) is 2. The van der Waals surface area contributed by atoms with E-state index in [0.717, 1.165) is 0 Å². The fourth-order valence-corrected chi connectivity index (χ4v) is 3.16. The normalized spacial score (nSPS) is 11.1. The van der Waals surface area contributed by atoms with Crippen LogP contribution in [0.3, 0.4) is 0 Å². The molecule has 0 aliphatic carbocycles. The minimum absolute atomic E-state index is 0.0233. The molecule has 0 saturated carbocycles. The molecule has 2 aromatic carbocycles. The van der Waals surface area contributed by atoms with Crippen molar-refractivity contribution in [3.8, 4) is 5.88 Å². The van der Waals surface area contributed by atoms with E-state index in [9.17, 15) is 13.6 Å². The fraction of sp³-hybridized carbons (Fsp3) is 0.333. The van der Waals surface area contributed by atoms with Crippen molar-refractivity contribution in [2.75, 3.05) is 19.8 Å². The fourth-order valence-electron chi connectivity index (χ4n) is 3.16. The highest BCUT2D eigenvalue weighted by Gasteiger charge is 2.20. The van der Waals surface area contributed by atoms with E-state index >= 15 is 0 Å². The molecule has 0 fully saturated rings. The predicted octanol–water partition coefficient (Wildman–Crippen LogP) is 3.92. The van der Waals surface area contributed by atoms with E-state index in [1.165, 1.54) is 35.1 Å². The van der Waals surface area contributed by atoms with Gasteiger partial charge in [0.15, 0.2) is 6.29 Å². The van der Waals surface area contributed by atoms with Gasteiger partial charge < -0.3 is 19.5 Å². The zero-order valence-electron chi connectivity index (χ0n) is 18.6. The van der Waals surface area contributed by atoms with Crippen LogP contribution in [0.4, 0.5) is 8.78 Å². The minimum atomic E-state index is -0.581. The summed E-state index contributed by atoms with van der Waals surface area (Å²) in [7, 11) is 0. The Balaban J connectivity index is 1.77. The van der Waals surface area contributed by atoms with Crippen LogP contribution in [0.1, 0.15) is 35.3 Å².